The van der Waals surface area contributed by atoms with Gasteiger partial charge in [0.1, 0.15) is 0 Å². The highest BCUT2D eigenvalue weighted by molar-refractivity contribution is 7.22. The highest BCUT2D eigenvalue weighted by atomic mass is 32.1. The molecule has 1 amide bonds. The number of para-hydroxylation sites is 1. The number of rotatable bonds is 5. The van der Waals surface area contributed by atoms with Gasteiger partial charge in [0.25, 0.3) is 0 Å². The van der Waals surface area contributed by atoms with Crippen LogP contribution in [0.3, 0.4) is 0 Å². The highest BCUT2D eigenvalue weighted by Crippen LogP contribution is 2.31. The summed E-state index contributed by atoms with van der Waals surface area (Å²) in [4.78, 5) is 24.8. The average Bonchev–Trinajstić information content (AvgIpc) is 3.28. The molecule has 1 aromatic heterocycles. The third-order valence-corrected chi connectivity index (χ3v) is 7.74. The molecule has 5 nitrogen and oxygen atoms in total. The van der Waals surface area contributed by atoms with Gasteiger partial charge in [-0.3, -0.25) is 9.69 Å². The van der Waals surface area contributed by atoms with Gasteiger partial charge in [-0.25, -0.2) is 4.98 Å². The number of anilines is 1. The van der Waals surface area contributed by atoms with E-state index >= 15 is 0 Å². The molecule has 31 heavy (non-hydrogen) atoms. The fourth-order valence-electron chi connectivity index (χ4n) is 4.69. The minimum Gasteiger partial charge on any atom is -0.348 e. The van der Waals surface area contributed by atoms with Crippen molar-refractivity contribution < 1.29 is 4.79 Å². The molecule has 0 radical (unpaired) electrons. The summed E-state index contributed by atoms with van der Waals surface area (Å²) in [5, 5.41) is 1.10. The van der Waals surface area contributed by atoms with Gasteiger partial charge >= 0.3 is 0 Å². The molecule has 0 bridgehead atoms. The Morgan fingerprint density at radius 2 is 1.61 bits per heavy atom. The van der Waals surface area contributed by atoms with E-state index in [1.807, 2.05) is 6.07 Å². The first-order valence-corrected chi connectivity index (χ1v) is 12.2. The zero-order valence-corrected chi connectivity index (χ0v) is 18.8. The van der Waals surface area contributed by atoms with E-state index in [0.29, 0.717) is 5.91 Å². The smallest absolute Gasteiger partial charge is 0.225 e. The van der Waals surface area contributed by atoms with Crippen LogP contribution in [0.2, 0.25) is 0 Å². The number of carbonyl (C=O) groups excluding carboxylic acids is 1. The van der Waals surface area contributed by atoms with Gasteiger partial charge in [0.2, 0.25) is 5.91 Å². The minimum absolute atomic E-state index is 0.168. The third-order valence-electron chi connectivity index (χ3n) is 6.64. The summed E-state index contributed by atoms with van der Waals surface area (Å²) in [7, 11) is 0. The molecule has 0 aliphatic carbocycles. The number of benzene rings is 2. The van der Waals surface area contributed by atoms with Crippen LogP contribution in [0.15, 0.2) is 54.6 Å². The summed E-state index contributed by atoms with van der Waals surface area (Å²) in [5.74, 6) is 0.535. The molecule has 3 heterocycles. The number of aromatic nitrogens is 1. The van der Waals surface area contributed by atoms with E-state index in [9.17, 15) is 4.79 Å². The molecule has 0 N–H and O–H groups in total. The normalized spacial score (nSPS) is 18.6. The van der Waals surface area contributed by atoms with Crippen LogP contribution in [0, 0.1) is 5.92 Å². The van der Waals surface area contributed by atoms with Gasteiger partial charge in [-0.05, 0) is 37.0 Å². The number of piperidine rings is 1. The predicted octanol–water partition coefficient (Wildman–Crippen LogP) is 3.90. The number of carbonyl (C=O) groups is 1. The number of hydrogen-bond donors (Lipinski definition) is 0. The molecule has 2 aliphatic heterocycles. The Bertz CT molecular complexity index is 972. The van der Waals surface area contributed by atoms with Crippen molar-refractivity contribution in [3.63, 3.8) is 0 Å². The molecular weight excluding hydrogens is 404 g/mol. The predicted molar refractivity (Wildman–Crippen MR) is 128 cm³/mol. The van der Waals surface area contributed by atoms with E-state index in [1.165, 1.54) is 10.3 Å². The largest absolute Gasteiger partial charge is 0.348 e. The SMILES string of the molecule is O=C(C1CCN(c2nc3ccccc3s2)CC1)N1CCN(CCc2ccccc2)CC1. The van der Waals surface area contributed by atoms with Crippen molar-refractivity contribution in [2.24, 2.45) is 5.92 Å². The average molecular weight is 435 g/mol. The van der Waals surface area contributed by atoms with Gasteiger partial charge in [0.15, 0.2) is 5.13 Å². The third kappa shape index (κ3) is 4.75. The van der Waals surface area contributed by atoms with Gasteiger partial charge in [-0.1, -0.05) is 53.8 Å². The highest BCUT2D eigenvalue weighted by Gasteiger charge is 2.31. The number of fused-ring (bicyclic) bond motifs is 1. The lowest BCUT2D eigenvalue weighted by Gasteiger charge is -2.38. The lowest BCUT2D eigenvalue weighted by Crippen LogP contribution is -2.51. The Balaban J connectivity index is 1.08. The monoisotopic (exact) mass is 434 g/mol. The molecule has 2 aromatic carbocycles. The summed E-state index contributed by atoms with van der Waals surface area (Å²) in [6.07, 6.45) is 2.95. The first kappa shape index (κ1) is 20.5. The first-order chi connectivity index (χ1) is 15.3. The van der Waals surface area contributed by atoms with Crippen molar-refractivity contribution in [1.29, 1.82) is 0 Å². The van der Waals surface area contributed by atoms with Crippen molar-refractivity contribution in [2.45, 2.75) is 19.3 Å². The van der Waals surface area contributed by atoms with Crippen molar-refractivity contribution in [3.8, 4) is 0 Å². The molecule has 3 aromatic rings. The molecular formula is C25H30N4OS. The zero-order valence-electron chi connectivity index (χ0n) is 17.9. The second-order valence-corrected chi connectivity index (χ2v) is 9.64. The number of thiazole rings is 1. The second-order valence-electron chi connectivity index (χ2n) is 8.63. The minimum atomic E-state index is 0.168. The quantitative estimate of drug-likeness (QED) is 0.611. The van der Waals surface area contributed by atoms with Crippen LogP contribution in [0.5, 0.6) is 0 Å². The van der Waals surface area contributed by atoms with Crippen molar-refractivity contribution in [2.75, 3.05) is 50.7 Å². The molecule has 2 aliphatic rings. The Kier molecular flexibility index (Phi) is 6.18. The topological polar surface area (TPSA) is 39.7 Å². The molecule has 162 valence electrons. The van der Waals surface area contributed by atoms with E-state index in [1.54, 1.807) is 11.3 Å². The summed E-state index contributed by atoms with van der Waals surface area (Å²) in [5.41, 5.74) is 2.46. The Labute approximate surface area is 188 Å². The maximum atomic E-state index is 13.1. The van der Waals surface area contributed by atoms with Crippen LogP contribution in [0.25, 0.3) is 10.2 Å². The fourth-order valence-corrected chi connectivity index (χ4v) is 5.71. The van der Waals surface area contributed by atoms with Gasteiger partial charge in [-0.2, -0.15) is 0 Å². The standard InChI is InChI=1S/C25H30N4OS/c30-24(28-18-16-27(17-19-28)13-10-20-6-2-1-3-7-20)21-11-14-29(15-12-21)25-26-22-8-4-5-9-23(22)31-25/h1-9,21H,10-19H2. The Morgan fingerprint density at radius 1 is 0.903 bits per heavy atom. The fraction of sp³-hybridized carbons (Fsp3) is 0.440. The van der Waals surface area contributed by atoms with Crippen molar-refractivity contribution >= 4 is 32.6 Å². The van der Waals surface area contributed by atoms with Gasteiger partial charge in [0.05, 0.1) is 10.2 Å². The van der Waals surface area contributed by atoms with Crippen LogP contribution < -0.4 is 4.90 Å². The van der Waals surface area contributed by atoms with Crippen LogP contribution in [-0.4, -0.2) is 66.5 Å². The van der Waals surface area contributed by atoms with E-state index in [0.717, 1.165) is 75.7 Å². The molecule has 0 atom stereocenters. The maximum Gasteiger partial charge on any atom is 0.225 e. The van der Waals surface area contributed by atoms with E-state index in [-0.39, 0.29) is 5.92 Å². The zero-order chi connectivity index (χ0) is 21.0. The lowest BCUT2D eigenvalue weighted by molar-refractivity contribution is -0.138. The van der Waals surface area contributed by atoms with Crippen LogP contribution in [-0.2, 0) is 11.2 Å². The van der Waals surface area contributed by atoms with Gasteiger partial charge in [0, 0.05) is 51.7 Å². The molecule has 0 unspecified atom stereocenters. The molecule has 0 saturated carbocycles. The summed E-state index contributed by atoms with van der Waals surface area (Å²) in [6, 6.07) is 19.0. The van der Waals surface area contributed by atoms with Crippen LogP contribution in [0.4, 0.5) is 5.13 Å². The maximum absolute atomic E-state index is 13.1. The van der Waals surface area contributed by atoms with Gasteiger partial charge in [-0.15, -0.1) is 0 Å². The summed E-state index contributed by atoms with van der Waals surface area (Å²) < 4.78 is 1.24. The van der Waals surface area contributed by atoms with Crippen molar-refractivity contribution in [3.05, 3.63) is 60.2 Å². The molecule has 6 heteroatoms. The van der Waals surface area contributed by atoms with E-state index < -0.39 is 0 Å². The second kappa shape index (κ2) is 9.37. The van der Waals surface area contributed by atoms with Gasteiger partial charge < -0.3 is 9.80 Å². The molecule has 2 fully saturated rings. The van der Waals surface area contributed by atoms with Crippen LogP contribution >= 0.6 is 11.3 Å². The Hall–Kier alpha value is -2.44. The summed E-state index contributed by atoms with van der Waals surface area (Å²) >= 11 is 1.76. The number of nitrogens with zero attached hydrogens (tertiary/aromatic N) is 4. The molecule has 0 spiro atoms. The number of piperazine rings is 1. The van der Waals surface area contributed by atoms with E-state index in [4.69, 9.17) is 4.98 Å². The Morgan fingerprint density at radius 3 is 2.35 bits per heavy atom. The van der Waals surface area contributed by atoms with E-state index in [2.05, 4.69) is 63.2 Å². The number of hydrogen-bond acceptors (Lipinski definition) is 5. The molecule has 2 saturated heterocycles. The van der Waals surface area contributed by atoms with Crippen LogP contribution in [0.1, 0.15) is 18.4 Å². The van der Waals surface area contributed by atoms with Crippen molar-refractivity contribution in [1.82, 2.24) is 14.8 Å². The first-order valence-electron chi connectivity index (χ1n) is 11.4. The summed E-state index contributed by atoms with van der Waals surface area (Å²) in [6.45, 7) is 6.64. The lowest BCUT2D eigenvalue weighted by atomic mass is 9.95. The molecule has 5 rings (SSSR count). The number of amides is 1.